The average molecular weight is 396 g/mol. The van der Waals surface area contributed by atoms with E-state index in [1.807, 2.05) is 0 Å². The summed E-state index contributed by atoms with van der Waals surface area (Å²) < 4.78 is 5.18. The van der Waals surface area contributed by atoms with Crippen LogP contribution in [0.15, 0.2) is 39.5 Å². The van der Waals surface area contributed by atoms with Gasteiger partial charge in [0.1, 0.15) is 5.00 Å². The second-order valence-electron chi connectivity index (χ2n) is 7.03. The Morgan fingerprint density at radius 2 is 2.11 bits per heavy atom. The third-order valence-corrected chi connectivity index (χ3v) is 6.48. The number of rotatable bonds is 4. The highest BCUT2D eigenvalue weighted by atomic mass is 32.1. The Labute approximate surface area is 165 Å². The summed E-state index contributed by atoms with van der Waals surface area (Å²) in [4.78, 5) is 38.0. The van der Waals surface area contributed by atoms with E-state index in [4.69, 9.17) is 10.2 Å². The van der Waals surface area contributed by atoms with E-state index in [1.54, 1.807) is 24.3 Å². The molecule has 0 fully saturated rings. The van der Waals surface area contributed by atoms with Crippen LogP contribution in [-0.2, 0) is 12.8 Å². The molecule has 144 valence electrons. The maximum atomic E-state index is 12.7. The normalized spacial score (nSPS) is 16.0. The third kappa shape index (κ3) is 3.22. The first kappa shape index (κ1) is 18.4. The first-order chi connectivity index (χ1) is 13.5. The summed E-state index contributed by atoms with van der Waals surface area (Å²) in [5, 5.41) is 4.19. The zero-order chi connectivity index (χ0) is 19.8. The maximum Gasteiger partial charge on any atom is 0.344 e. The fraction of sp³-hybridized carbons (Fsp3) is 0.286. The molecule has 1 aliphatic rings. The van der Waals surface area contributed by atoms with Gasteiger partial charge in [0.05, 0.1) is 10.9 Å². The smallest absolute Gasteiger partial charge is 0.344 e. The molecule has 0 bridgehead atoms. The van der Waals surface area contributed by atoms with Gasteiger partial charge in [-0.2, -0.15) is 0 Å². The molecule has 3 aromatic rings. The lowest BCUT2D eigenvalue weighted by molar-refractivity contribution is 0.0993. The standard InChI is InChI=1S/C21H20N2O4S/c1-2-11-7-8-14-16(9-11)28-20(17(14)18(22)24)23-19(25)15-10-12-5-3-4-6-13(12)21(26)27-15/h3-6,10-11H,2,7-9H2,1H3,(H2,22,24)(H,23,25)/t11-/m1/s1. The van der Waals surface area contributed by atoms with Crippen LogP contribution >= 0.6 is 11.3 Å². The number of primary amides is 1. The lowest BCUT2D eigenvalue weighted by atomic mass is 9.85. The monoisotopic (exact) mass is 396 g/mol. The fourth-order valence-electron chi connectivity index (χ4n) is 3.76. The van der Waals surface area contributed by atoms with Crippen LogP contribution in [-0.4, -0.2) is 11.8 Å². The third-order valence-electron chi connectivity index (χ3n) is 5.31. The van der Waals surface area contributed by atoms with Gasteiger partial charge in [-0.3, -0.25) is 9.59 Å². The predicted molar refractivity (Wildman–Crippen MR) is 109 cm³/mol. The molecule has 4 rings (SSSR count). The number of carbonyl (C=O) groups excluding carboxylic acids is 2. The van der Waals surface area contributed by atoms with Crippen LogP contribution in [0.4, 0.5) is 5.00 Å². The number of fused-ring (bicyclic) bond motifs is 2. The molecule has 0 saturated heterocycles. The van der Waals surface area contributed by atoms with Crippen molar-refractivity contribution in [3.05, 3.63) is 62.5 Å². The second kappa shape index (κ2) is 7.24. The molecule has 2 heterocycles. The van der Waals surface area contributed by atoms with Gasteiger partial charge >= 0.3 is 5.63 Å². The molecule has 0 spiro atoms. The van der Waals surface area contributed by atoms with E-state index in [-0.39, 0.29) is 5.76 Å². The van der Waals surface area contributed by atoms with Gasteiger partial charge in [0.15, 0.2) is 5.76 Å². The summed E-state index contributed by atoms with van der Waals surface area (Å²) in [6, 6.07) is 8.43. The molecule has 3 N–H and O–H groups in total. The van der Waals surface area contributed by atoms with Crippen LogP contribution in [0, 0.1) is 5.92 Å². The Morgan fingerprint density at radius 3 is 2.86 bits per heavy atom. The Bertz CT molecular complexity index is 1150. The predicted octanol–water partition coefficient (Wildman–Crippen LogP) is 3.72. The molecule has 6 nitrogen and oxygen atoms in total. The number of anilines is 1. The van der Waals surface area contributed by atoms with Gasteiger partial charge in [0.25, 0.3) is 11.8 Å². The van der Waals surface area contributed by atoms with Crippen LogP contribution in [0.2, 0.25) is 0 Å². The van der Waals surface area contributed by atoms with Crippen LogP contribution in [0.25, 0.3) is 10.8 Å². The van der Waals surface area contributed by atoms with Gasteiger partial charge in [-0.25, -0.2) is 4.79 Å². The molecule has 1 atom stereocenters. The van der Waals surface area contributed by atoms with Gasteiger partial charge in [0, 0.05) is 4.88 Å². The summed E-state index contributed by atoms with van der Waals surface area (Å²) in [5.74, 6) is -0.649. The molecule has 0 unspecified atom stereocenters. The fourth-order valence-corrected chi connectivity index (χ4v) is 5.12. The number of hydrogen-bond acceptors (Lipinski definition) is 5. The lowest BCUT2D eigenvalue weighted by Crippen LogP contribution is -2.20. The minimum absolute atomic E-state index is 0.100. The van der Waals surface area contributed by atoms with Crippen LogP contribution in [0.5, 0.6) is 0 Å². The summed E-state index contributed by atoms with van der Waals surface area (Å²) in [7, 11) is 0. The summed E-state index contributed by atoms with van der Waals surface area (Å²) >= 11 is 1.39. The highest BCUT2D eigenvalue weighted by Crippen LogP contribution is 2.40. The molecule has 0 aliphatic heterocycles. The summed E-state index contributed by atoms with van der Waals surface area (Å²) in [6.07, 6.45) is 3.75. The Kier molecular flexibility index (Phi) is 4.77. The quantitative estimate of drug-likeness (QED) is 0.701. The zero-order valence-electron chi connectivity index (χ0n) is 15.4. The van der Waals surface area contributed by atoms with E-state index in [0.717, 1.165) is 36.1 Å². The molecule has 0 saturated carbocycles. The minimum Gasteiger partial charge on any atom is -0.417 e. The molecule has 7 heteroatoms. The summed E-state index contributed by atoms with van der Waals surface area (Å²) in [6.45, 7) is 2.16. The van der Waals surface area contributed by atoms with Gasteiger partial charge in [-0.1, -0.05) is 31.5 Å². The topological polar surface area (TPSA) is 102 Å². The van der Waals surface area contributed by atoms with Crippen molar-refractivity contribution in [2.24, 2.45) is 11.7 Å². The maximum absolute atomic E-state index is 12.7. The van der Waals surface area contributed by atoms with E-state index in [2.05, 4.69) is 12.2 Å². The molecule has 1 aromatic carbocycles. The van der Waals surface area contributed by atoms with E-state index in [9.17, 15) is 14.4 Å². The molecule has 1 aliphatic carbocycles. The van der Waals surface area contributed by atoms with Crippen LogP contribution in [0.3, 0.4) is 0 Å². The van der Waals surface area contributed by atoms with E-state index >= 15 is 0 Å². The number of hydrogen-bond donors (Lipinski definition) is 2. The summed E-state index contributed by atoms with van der Waals surface area (Å²) in [5.41, 5.74) is 6.35. The number of amides is 2. The number of carbonyl (C=O) groups is 2. The number of thiophene rings is 1. The van der Waals surface area contributed by atoms with Crippen molar-refractivity contribution >= 4 is 38.9 Å². The zero-order valence-corrected chi connectivity index (χ0v) is 16.2. The van der Waals surface area contributed by atoms with Crippen molar-refractivity contribution in [2.75, 3.05) is 5.32 Å². The first-order valence-corrected chi connectivity index (χ1v) is 10.1. The molecule has 28 heavy (non-hydrogen) atoms. The molecular formula is C21H20N2O4S. The Hall–Kier alpha value is -2.93. The lowest BCUT2D eigenvalue weighted by Gasteiger charge is -2.20. The van der Waals surface area contributed by atoms with E-state index in [1.165, 1.54) is 17.4 Å². The van der Waals surface area contributed by atoms with Crippen molar-refractivity contribution in [1.29, 1.82) is 0 Å². The van der Waals surface area contributed by atoms with E-state index < -0.39 is 17.4 Å². The molecular weight excluding hydrogens is 376 g/mol. The Morgan fingerprint density at radius 1 is 1.32 bits per heavy atom. The largest absolute Gasteiger partial charge is 0.417 e. The van der Waals surface area contributed by atoms with Crippen LogP contribution < -0.4 is 16.7 Å². The average Bonchev–Trinajstić information content (AvgIpc) is 3.04. The van der Waals surface area contributed by atoms with Gasteiger partial charge in [-0.15, -0.1) is 11.3 Å². The van der Waals surface area contributed by atoms with Crippen molar-refractivity contribution < 1.29 is 14.0 Å². The Balaban J connectivity index is 1.69. The van der Waals surface area contributed by atoms with Gasteiger partial charge < -0.3 is 15.5 Å². The molecule has 0 radical (unpaired) electrons. The van der Waals surface area contributed by atoms with Gasteiger partial charge in [-0.05, 0) is 48.3 Å². The molecule has 2 aromatic heterocycles. The van der Waals surface area contributed by atoms with Crippen molar-refractivity contribution in [2.45, 2.75) is 32.6 Å². The number of nitrogens with two attached hydrogens (primary N) is 1. The minimum atomic E-state index is -0.574. The van der Waals surface area contributed by atoms with E-state index in [0.29, 0.717) is 27.3 Å². The van der Waals surface area contributed by atoms with Crippen molar-refractivity contribution in [3.63, 3.8) is 0 Å². The second-order valence-corrected chi connectivity index (χ2v) is 8.13. The highest BCUT2D eigenvalue weighted by Gasteiger charge is 2.28. The molecule has 2 amide bonds. The number of benzene rings is 1. The van der Waals surface area contributed by atoms with Crippen LogP contribution in [0.1, 0.15) is 51.1 Å². The number of nitrogens with one attached hydrogen (secondary N) is 1. The van der Waals surface area contributed by atoms with Crippen molar-refractivity contribution in [3.8, 4) is 0 Å². The van der Waals surface area contributed by atoms with Gasteiger partial charge in [0.2, 0.25) is 0 Å². The highest BCUT2D eigenvalue weighted by molar-refractivity contribution is 7.17. The first-order valence-electron chi connectivity index (χ1n) is 9.26. The SMILES string of the molecule is CC[C@@H]1CCc2c(sc(NC(=O)c3cc4ccccc4c(=O)o3)c2C(N)=O)C1. The van der Waals surface area contributed by atoms with Crippen molar-refractivity contribution in [1.82, 2.24) is 0 Å².